The zero-order valence-electron chi connectivity index (χ0n) is 11.9. The normalized spacial score (nSPS) is 17.7. The van der Waals surface area contributed by atoms with Crippen molar-refractivity contribution in [3.05, 3.63) is 28.8 Å². The third kappa shape index (κ3) is 3.62. The van der Waals surface area contributed by atoms with Crippen LogP contribution < -0.4 is 10.6 Å². The molecule has 0 spiro atoms. The van der Waals surface area contributed by atoms with Gasteiger partial charge in [-0.15, -0.1) is 0 Å². The molecule has 106 valence electrons. The molecule has 1 aromatic rings. The molecule has 0 amide bonds. The van der Waals surface area contributed by atoms with Gasteiger partial charge < -0.3 is 15.5 Å². The van der Waals surface area contributed by atoms with E-state index in [1.807, 2.05) is 6.07 Å². The predicted molar refractivity (Wildman–Crippen MR) is 83.1 cm³/mol. The van der Waals surface area contributed by atoms with Crippen molar-refractivity contribution in [3.8, 4) is 0 Å². The van der Waals surface area contributed by atoms with Crippen LogP contribution in [0.5, 0.6) is 0 Å². The summed E-state index contributed by atoms with van der Waals surface area (Å²) in [7, 11) is 4.37. The maximum atomic E-state index is 6.16. The Morgan fingerprint density at radius 2 is 2.05 bits per heavy atom. The van der Waals surface area contributed by atoms with Gasteiger partial charge in [0.1, 0.15) is 0 Å². The Kier molecular flexibility index (Phi) is 5.08. The molecule has 0 bridgehead atoms. The standard InChI is InChI=1S/C15H24ClN3/c1-18-9-6-14(7-10-18)19(2)15-11-13(16)4-3-12(15)5-8-17/h3-4,11,14H,5-10,17H2,1-2H3. The molecule has 0 aliphatic carbocycles. The first-order valence-electron chi connectivity index (χ1n) is 7.01. The highest BCUT2D eigenvalue weighted by atomic mass is 35.5. The molecule has 2 rings (SSSR count). The van der Waals surface area contributed by atoms with Crippen molar-refractivity contribution in [1.29, 1.82) is 0 Å². The number of benzene rings is 1. The maximum absolute atomic E-state index is 6.16. The van der Waals surface area contributed by atoms with E-state index in [9.17, 15) is 0 Å². The van der Waals surface area contributed by atoms with E-state index in [-0.39, 0.29) is 0 Å². The van der Waals surface area contributed by atoms with E-state index < -0.39 is 0 Å². The summed E-state index contributed by atoms with van der Waals surface area (Å²) in [5.41, 5.74) is 8.25. The van der Waals surface area contributed by atoms with Gasteiger partial charge in [-0.05, 0) is 63.6 Å². The number of piperidine rings is 1. The van der Waals surface area contributed by atoms with E-state index in [0.717, 1.165) is 11.4 Å². The zero-order valence-corrected chi connectivity index (χ0v) is 12.7. The molecule has 2 N–H and O–H groups in total. The number of likely N-dealkylation sites (tertiary alicyclic amines) is 1. The second kappa shape index (κ2) is 6.60. The average Bonchev–Trinajstić information content (AvgIpc) is 2.41. The fraction of sp³-hybridized carbons (Fsp3) is 0.600. The number of halogens is 1. The van der Waals surface area contributed by atoms with Crippen molar-refractivity contribution < 1.29 is 0 Å². The fourth-order valence-corrected chi connectivity index (χ4v) is 2.98. The second-order valence-electron chi connectivity index (χ2n) is 5.46. The van der Waals surface area contributed by atoms with Crippen molar-refractivity contribution in [2.75, 3.05) is 38.6 Å². The summed E-state index contributed by atoms with van der Waals surface area (Å²) >= 11 is 6.16. The molecule has 0 aromatic heterocycles. The molecule has 0 unspecified atom stereocenters. The Morgan fingerprint density at radius 3 is 2.68 bits per heavy atom. The number of nitrogens with zero attached hydrogens (tertiary/aromatic N) is 2. The van der Waals surface area contributed by atoms with Gasteiger partial charge in [-0.1, -0.05) is 17.7 Å². The van der Waals surface area contributed by atoms with Crippen LogP contribution in [0.25, 0.3) is 0 Å². The Labute approximate surface area is 121 Å². The quantitative estimate of drug-likeness (QED) is 0.920. The molecule has 1 saturated heterocycles. The minimum Gasteiger partial charge on any atom is -0.371 e. The predicted octanol–water partition coefficient (Wildman–Crippen LogP) is 2.37. The highest BCUT2D eigenvalue weighted by Crippen LogP contribution is 2.28. The van der Waals surface area contributed by atoms with Gasteiger partial charge in [0, 0.05) is 23.8 Å². The van der Waals surface area contributed by atoms with E-state index in [4.69, 9.17) is 17.3 Å². The monoisotopic (exact) mass is 281 g/mol. The summed E-state index contributed by atoms with van der Waals surface area (Å²) < 4.78 is 0. The molecule has 3 nitrogen and oxygen atoms in total. The van der Waals surface area contributed by atoms with Gasteiger partial charge in [0.05, 0.1) is 0 Å². The molecular weight excluding hydrogens is 258 g/mol. The van der Waals surface area contributed by atoms with Crippen LogP contribution >= 0.6 is 11.6 Å². The van der Waals surface area contributed by atoms with E-state index in [2.05, 4.69) is 36.0 Å². The number of rotatable bonds is 4. The molecule has 4 heteroatoms. The molecule has 1 heterocycles. The van der Waals surface area contributed by atoms with Crippen LogP contribution in [0.3, 0.4) is 0 Å². The van der Waals surface area contributed by atoms with Crippen molar-refractivity contribution in [1.82, 2.24) is 4.90 Å². The van der Waals surface area contributed by atoms with Gasteiger partial charge in [0.2, 0.25) is 0 Å². The first-order valence-corrected chi connectivity index (χ1v) is 7.39. The van der Waals surface area contributed by atoms with Gasteiger partial charge in [0.15, 0.2) is 0 Å². The number of anilines is 1. The zero-order chi connectivity index (χ0) is 13.8. The van der Waals surface area contributed by atoms with Crippen LogP contribution in [-0.4, -0.2) is 44.7 Å². The molecule has 1 fully saturated rings. The molecule has 1 aromatic carbocycles. The highest BCUT2D eigenvalue weighted by molar-refractivity contribution is 6.30. The van der Waals surface area contributed by atoms with Crippen LogP contribution in [0.15, 0.2) is 18.2 Å². The van der Waals surface area contributed by atoms with E-state index >= 15 is 0 Å². The fourth-order valence-electron chi connectivity index (χ4n) is 2.81. The summed E-state index contributed by atoms with van der Waals surface area (Å²) in [6, 6.07) is 6.74. The van der Waals surface area contributed by atoms with E-state index in [0.29, 0.717) is 12.6 Å². The largest absolute Gasteiger partial charge is 0.371 e. The van der Waals surface area contributed by atoms with Gasteiger partial charge in [-0.2, -0.15) is 0 Å². The molecular formula is C15H24ClN3. The van der Waals surface area contributed by atoms with Gasteiger partial charge in [-0.3, -0.25) is 0 Å². The first-order chi connectivity index (χ1) is 9.11. The van der Waals surface area contributed by atoms with Crippen LogP contribution in [0.1, 0.15) is 18.4 Å². The van der Waals surface area contributed by atoms with Crippen molar-refractivity contribution >= 4 is 17.3 Å². The molecule has 0 atom stereocenters. The lowest BCUT2D eigenvalue weighted by Crippen LogP contribution is -2.42. The Balaban J connectivity index is 2.17. The lowest BCUT2D eigenvalue weighted by molar-refractivity contribution is 0.253. The summed E-state index contributed by atoms with van der Waals surface area (Å²) in [4.78, 5) is 4.78. The molecule has 1 aliphatic rings. The van der Waals surface area contributed by atoms with Crippen LogP contribution in [0.4, 0.5) is 5.69 Å². The Morgan fingerprint density at radius 1 is 1.37 bits per heavy atom. The summed E-state index contributed by atoms with van der Waals surface area (Å²) in [6.45, 7) is 3.01. The first kappa shape index (κ1) is 14.6. The van der Waals surface area contributed by atoms with Gasteiger partial charge in [0.25, 0.3) is 0 Å². The lowest BCUT2D eigenvalue weighted by atomic mass is 10.0. The Hall–Kier alpha value is -0.770. The third-order valence-corrected chi connectivity index (χ3v) is 4.31. The van der Waals surface area contributed by atoms with Crippen molar-refractivity contribution in [2.24, 2.45) is 5.73 Å². The van der Waals surface area contributed by atoms with Gasteiger partial charge in [-0.25, -0.2) is 0 Å². The molecule has 19 heavy (non-hydrogen) atoms. The van der Waals surface area contributed by atoms with Crippen molar-refractivity contribution in [2.45, 2.75) is 25.3 Å². The summed E-state index contributed by atoms with van der Waals surface area (Å²) in [5, 5.41) is 0.801. The molecule has 1 aliphatic heterocycles. The lowest BCUT2D eigenvalue weighted by Gasteiger charge is -2.37. The SMILES string of the molecule is CN1CCC(N(C)c2cc(Cl)ccc2CCN)CC1. The minimum atomic E-state index is 0.603. The second-order valence-corrected chi connectivity index (χ2v) is 5.89. The van der Waals surface area contributed by atoms with Crippen LogP contribution in [-0.2, 0) is 6.42 Å². The van der Waals surface area contributed by atoms with Gasteiger partial charge >= 0.3 is 0 Å². The van der Waals surface area contributed by atoms with Crippen molar-refractivity contribution in [3.63, 3.8) is 0 Å². The molecule has 0 radical (unpaired) electrons. The maximum Gasteiger partial charge on any atom is 0.0426 e. The number of nitrogens with two attached hydrogens (primary N) is 1. The Bertz CT molecular complexity index is 414. The number of hydrogen-bond donors (Lipinski definition) is 1. The summed E-state index contributed by atoms with van der Waals surface area (Å²) in [6.07, 6.45) is 3.33. The highest BCUT2D eigenvalue weighted by Gasteiger charge is 2.22. The van der Waals surface area contributed by atoms with Crippen LogP contribution in [0, 0.1) is 0 Å². The third-order valence-electron chi connectivity index (χ3n) is 4.08. The minimum absolute atomic E-state index is 0.603. The average molecular weight is 282 g/mol. The van der Waals surface area contributed by atoms with Crippen LogP contribution in [0.2, 0.25) is 5.02 Å². The number of hydrogen-bond acceptors (Lipinski definition) is 3. The smallest absolute Gasteiger partial charge is 0.0426 e. The molecule has 0 saturated carbocycles. The van der Waals surface area contributed by atoms with E-state index in [1.54, 1.807) is 0 Å². The van der Waals surface area contributed by atoms with E-state index in [1.165, 1.54) is 37.2 Å². The summed E-state index contributed by atoms with van der Waals surface area (Å²) in [5.74, 6) is 0. The topological polar surface area (TPSA) is 32.5 Å².